The number of hydrogen-bond donors (Lipinski definition) is 0. The molecule has 0 heterocycles. The number of carbonyl (C=O) groups excluding carboxylic acids is 1. The van der Waals surface area contributed by atoms with Gasteiger partial charge in [0.1, 0.15) is 6.10 Å². The third-order valence-corrected chi connectivity index (χ3v) is 11.6. The summed E-state index contributed by atoms with van der Waals surface area (Å²) in [7, 11) is 0. The van der Waals surface area contributed by atoms with Crippen LogP contribution in [0, 0.1) is 46.8 Å². The van der Waals surface area contributed by atoms with Gasteiger partial charge in [0.05, 0.1) is 0 Å². The Morgan fingerprint density at radius 1 is 0.919 bits per heavy atom. The van der Waals surface area contributed by atoms with Crippen LogP contribution in [0.15, 0.2) is 11.6 Å². The maximum Gasteiger partial charge on any atom is 0.306 e. The number of allylic oxidation sites excluding steroid dienone is 1. The van der Waals surface area contributed by atoms with E-state index in [1.165, 1.54) is 89.9 Å². The molecule has 0 aromatic heterocycles. The van der Waals surface area contributed by atoms with E-state index in [9.17, 15) is 4.79 Å². The molecular formula is C35H60O2. The van der Waals surface area contributed by atoms with E-state index >= 15 is 0 Å². The van der Waals surface area contributed by atoms with Gasteiger partial charge < -0.3 is 4.74 Å². The highest BCUT2D eigenvalue weighted by Crippen LogP contribution is 2.63. The van der Waals surface area contributed by atoms with Crippen molar-refractivity contribution in [2.24, 2.45) is 46.8 Å². The Kier molecular flexibility index (Phi) is 10.7. The normalized spacial score (nSPS) is 35.9. The molecule has 0 spiro atoms. The van der Waals surface area contributed by atoms with Crippen molar-refractivity contribution in [1.29, 1.82) is 0 Å². The molecule has 0 aliphatic heterocycles. The maximum atomic E-state index is 12.5. The second-order valence-electron chi connectivity index (χ2n) is 14.5. The van der Waals surface area contributed by atoms with Gasteiger partial charge in [0, 0.05) is 12.8 Å². The molecule has 3 fully saturated rings. The van der Waals surface area contributed by atoms with Crippen LogP contribution in [0.25, 0.3) is 0 Å². The number of esters is 1. The van der Waals surface area contributed by atoms with E-state index in [-0.39, 0.29) is 12.1 Å². The van der Waals surface area contributed by atoms with E-state index in [1.54, 1.807) is 5.57 Å². The van der Waals surface area contributed by atoms with Crippen LogP contribution in [0.1, 0.15) is 150 Å². The molecule has 0 bridgehead atoms. The first-order valence-corrected chi connectivity index (χ1v) is 16.7. The molecule has 2 heteroatoms. The zero-order valence-corrected chi connectivity index (χ0v) is 25.2. The smallest absolute Gasteiger partial charge is 0.306 e. The molecule has 0 amide bonds. The summed E-state index contributed by atoms with van der Waals surface area (Å²) >= 11 is 0. The Labute approximate surface area is 230 Å². The van der Waals surface area contributed by atoms with Gasteiger partial charge in [0.15, 0.2) is 0 Å². The first-order valence-electron chi connectivity index (χ1n) is 16.7. The Hall–Kier alpha value is -0.790. The number of carbonyl (C=O) groups is 1. The fourth-order valence-corrected chi connectivity index (χ4v) is 9.49. The van der Waals surface area contributed by atoms with Crippen molar-refractivity contribution >= 4 is 5.97 Å². The van der Waals surface area contributed by atoms with Gasteiger partial charge >= 0.3 is 5.97 Å². The van der Waals surface area contributed by atoms with Crippen molar-refractivity contribution in [2.75, 3.05) is 0 Å². The molecule has 4 aliphatic rings. The molecule has 8 atom stereocenters. The third kappa shape index (κ3) is 7.05. The summed E-state index contributed by atoms with van der Waals surface area (Å²) in [6, 6.07) is 0. The molecule has 4 rings (SSSR count). The average molecular weight is 513 g/mol. The van der Waals surface area contributed by atoms with E-state index in [0.717, 1.165) is 60.7 Å². The van der Waals surface area contributed by atoms with Gasteiger partial charge in [-0.2, -0.15) is 0 Å². The molecule has 0 saturated heterocycles. The highest BCUT2D eigenvalue weighted by Gasteiger charge is 2.54. The second kappa shape index (κ2) is 13.5. The van der Waals surface area contributed by atoms with E-state index in [4.69, 9.17) is 4.74 Å². The van der Waals surface area contributed by atoms with Gasteiger partial charge in [0.2, 0.25) is 0 Å². The number of fused-ring (bicyclic) bond motifs is 5. The zero-order valence-electron chi connectivity index (χ0n) is 25.2. The average Bonchev–Trinajstić information content (AvgIpc) is 3.31. The molecule has 0 N–H and O–H groups in total. The van der Waals surface area contributed by atoms with Crippen molar-refractivity contribution in [2.45, 2.75) is 156 Å². The molecule has 0 radical (unpaired) electrons. The first-order chi connectivity index (χ1) is 17.8. The number of unbranched alkanes of at least 4 members (excludes halogenated alkanes) is 5. The molecule has 0 aromatic carbocycles. The summed E-state index contributed by atoms with van der Waals surface area (Å²) in [5.41, 5.74) is 2.00. The van der Waals surface area contributed by atoms with Crippen molar-refractivity contribution in [3.8, 4) is 0 Å². The quantitative estimate of drug-likeness (QED) is 0.139. The summed E-state index contributed by atoms with van der Waals surface area (Å²) in [6.07, 6.45) is 25.5. The van der Waals surface area contributed by atoms with E-state index < -0.39 is 0 Å². The van der Waals surface area contributed by atoms with Crippen LogP contribution in [0.3, 0.4) is 0 Å². The Balaban J connectivity index is 1.28. The van der Waals surface area contributed by atoms with Crippen LogP contribution in [-0.4, -0.2) is 12.1 Å². The lowest BCUT2D eigenvalue weighted by atomic mass is 9.50. The zero-order chi connectivity index (χ0) is 26.4. The van der Waals surface area contributed by atoms with Gasteiger partial charge in [-0.05, 0) is 98.2 Å². The van der Waals surface area contributed by atoms with Crippen molar-refractivity contribution < 1.29 is 9.53 Å². The standard InChI is InChI=1S/C35H60O2/c1-6-7-8-9-10-11-15-34(36)37-28-22-23-35(5)27(24-28)16-17-32-31-19-18-29(30(31)20-21-33(32)35)26(4)14-12-13-25(2)3/h16,25-26,28-33H,6-15,17-24H2,1-5H3/t26-,28+,29-,30-,31+,32+,33-,35+/m1/s1. The van der Waals surface area contributed by atoms with Crippen LogP contribution in [-0.2, 0) is 9.53 Å². The summed E-state index contributed by atoms with van der Waals surface area (Å²) in [6.45, 7) is 12.2. The monoisotopic (exact) mass is 512 g/mol. The summed E-state index contributed by atoms with van der Waals surface area (Å²) in [4.78, 5) is 12.5. The van der Waals surface area contributed by atoms with E-state index in [0.29, 0.717) is 11.8 Å². The molecule has 2 nitrogen and oxygen atoms in total. The highest BCUT2D eigenvalue weighted by atomic mass is 16.5. The lowest BCUT2D eigenvalue weighted by molar-refractivity contribution is -0.151. The SMILES string of the molecule is CCCCCCCCC(=O)O[C@H]1CC[C@@]2(C)C(=CC[C@H]3[C@H]4CC[C@H]([C@H](C)CCCC(C)C)[C@H]4CC[C@H]32)C1. The van der Waals surface area contributed by atoms with Crippen LogP contribution in [0.2, 0.25) is 0 Å². The minimum Gasteiger partial charge on any atom is -0.462 e. The van der Waals surface area contributed by atoms with Gasteiger partial charge in [-0.3, -0.25) is 4.79 Å². The second-order valence-corrected chi connectivity index (χ2v) is 14.5. The van der Waals surface area contributed by atoms with Crippen molar-refractivity contribution in [1.82, 2.24) is 0 Å². The lowest BCUT2D eigenvalue weighted by Gasteiger charge is -2.55. The number of rotatable bonds is 13. The van der Waals surface area contributed by atoms with Crippen LogP contribution < -0.4 is 0 Å². The van der Waals surface area contributed by atoms with Gasteiger partial charge in [-0.15, -0.1) is 0 Å². The highest BCUT2D eigenvalue weighted by molar-refractivity contribution is 5.69. The Morgan fingerprint density at radius 2 is 1.68 bits per heavy atom. The van der Waals surface area contributed by atoms with E-state index in [2.05, 4.69) is 40.7 Å². The van der Waals surface area contributed by atoms with Crippen LogP contribution >= 0.6 is 0 Å². The third-order valence-electron chi connectivity index (χ3n) is 11.6. The molecule has 212 valence electrons. The topological polar surface area (TPSA) is 26.3 Å². The molecule has 4 aliphatic carbocycles. The van der Waals surface area contributed by atoms with Gasteiger partial charge in [-0.25, -0.2) is 0 Å². The summed E-state index contributed by atoms with van der Waals surface area (Å²) in [5.74, 6) is 6.54. The number of ether oxygens (including phenoxy) is 1. The largest absolute Gasteiger partial charge is 0.462 e. The molecular weight excluding hydrogens is 452 g/mol. The van der Waals surface area contributed by atoms with E-state index in [1.807, 2.05) is 0 Å². The van der Waals surface area contributed by atoms with Crippen LogP contribution in [0.4, 0.5) is 0 Å². The molecule has 3 saturated carbocycles. The fourth-order valence-electron chi connectivity index (χ4n) is 9.49. The van der Waals surface area contributed by atoms with Crippen LogP contribution in [0.5, 0.6) is 0 Å². The lowest BCUT2D eigenvalue weighted by Crippen LogP contribution is -2.48. The first kappa shape index (κ1) is 29.2. The van der Waals surface area contributed by atoms with Crippen molar-refractivity contribution in [3.63, 3.8) is 0 Å². The number of hydrogen-bond acceptors (Lipinski definition) is 2. The predicted octanol–water partition coefficient (Wildman–Crippen LogP) is 10.3. The predicted molar refractivity (Wildman–Crippen MR) is 156 cm³/mol. The minimum absolute atomic E-state index is 0.0541. The van der Waals surface area contributed by atoms with Gasteiger partial charge in [-0.1, -0.05) is 97.6 Å². The molecule has 37 heavy (non-hydrogen) atoms. The molecule has 0 aromatic rings. The van der Waals surface area contributed by atoms with Gasteiger partial charge in [0.25, 0.3) is 0 Å². The molecule has 0 unspecified atom stereocenters. The Bertz CT molecular complexity index is 752. The maximum absolute atomic E-state index is 12.5. The summed E-state index contributed by atoms with van der Waals surface area (Å²) < 4.78 is 6.03. The van der Waals surface area contributed by atoms with Crippen molar-refractivity contribution in [3.05, 3.63) is 11.6 Å². The summed E-state index contributed by atoms with van der Waals surface area (Å²) in [5, 5.41) is 0. The minimum atomic E-state index is 0.0541. The Morgan fingerprint density at radius 3 is 2.46 bits per heavy atom. The fraction of sp³-hybridized carbons (Fsp3) is 0.914.